The number of rotatable bonds is 8. The molecule has 1 saturated heterocycles. The standard InChI is InChI=1S/C27H35F2N3O4S/c28-26(29)36-27-11-15-9-17(12-27)22(18(10-15)13-27)31-23(33)20-5-6-21(32-8-7-16(14-32)25(34)35)30-24(20)37-19-3-1-2-4-19/h5-6,15-19,22,26H,1-4,7-14H2,(H,31,33)(H,34,35)/t15?,16-,17?,18?,22?,27?/m1/s1. The SMILES string of the molecule is O=C(NC1C2CC3CC1CC(OC(F)F)(C3)C2)c1ccc(N2CC[C@@H](C(=O)O)C2)nc1SC1CCCC1. The minimum Gasteiger partial charge on any atom is -0.481 e. The van der Waals surface area contributed by atoms with Gasteiger partial charge in [-0.25, -0.2) is 4.98 Å². The summed E-state index contributed by atoms with van der Waals surface area (Å²) in [6.07, 6.45) is 8.93. The smallest absolute Gasteiger partial charge is 0.345 e. The molecule has 202 valence electrons. The van der Waals surface area contributed by atoms with Crippen LogP contribution >= 0.6 is 11.8 Å². The number of nitrogens with zero attached hydrogens (tertiary/aromatic N) is 2. The van der Waals surface area contributed by atoms with Crippen molar-refractivity contribution in [1.29, 1.82) is 0 Å². The van der Waals surface area contributed by atoms with E-state index < -0.39 is 24.1 Å². The lowest BCUT2D eigenvalue weighted by Gasteiger charge is -2.59. The van der Waals surface area contributed by atoms with E-state index in [9.17, 15) is 23.5 Å². The summed E-state index contributed by atoms with van der Waals surface area (Å²) in [7, 11) is 0. The summed E-state index contributed by atoms with van der Waals surface area (Å²) in [5.74, 6) is 0.107. The molecule has 7 rings (SSSR count). The van der Waals surface area contributed by atoms with Gasteiger partial charge in [0.25, 0.3) is 5.91 Å². The number of carbonyl (C=O) groups is 2. The fourth-order valence-electron chi connectivity index (χ4n) is 7.95. The summed E-state index contributed by atoms with van der Waals surface area (Å²) < 4.78 is 31.5. The Morgan fingerprint density at radius 2 is 1.86 bits per heavy atom. The number of aliphatic carboxylic acids is 1. The summed E-state index contributed by atoms with van der Waals surface area (Å²) in [5.41, 5.74) is -0.177. The van der Waals surface area contributed by atoms with Crippen molar-refractivity contribution >= 4 is 29.5 Å². The van der Waals surface area contributed by atoms with E-state index in [0.717, 1.165) is 31.5 Å². The molecule has 1 aromatic rings. The lowest BCUT2D eigenvalue weighted by molar-refractivity contribution is -0.260. The van der Waals surface area contributed by atoms with Crippen molar-refractivity contribution in [2.24, 2.45) is 23.7 Å². The molecular weight excluding hydrogens is 500 g/mol. The lowest BCUT2D eigenvalue weighted by atomic mass is 9.52. The van der Waals surface area contributed by atoms with Crippen molar-refractivity contribution in [2.75, 3.05) is 18.0 Å². The number of carboxylic acid groups (broad SMARTS) is 1. The minimum absolute atomic E-state index is 0.0302. The molecule has 1 aliphatic heterocycles. The molecule has 5 aliphatic carbocycles. The Morgan fingerprint density at radius 1 is 1.14 bits per heavy atom. The number of nitrogens with one attached hydrogen (secondary N) is 1. The fourth-order valence-corrected chi connectivity index (χ4v) is 9.27. The number of carboxylic acids is 1. The number of pyridine rings is 1. The van der Waals surface area contributed by atoms with Gasteiger partial charge in [-0.3, -0.25) is 9.59 Å². The van der Waals surface area contributed by atoms with Crippen molar-refractivity contribution in [3.8, 4) is 0 Å². The number of hydrogen-bond donors (Lipinski definition) is 2. The molecule has 2 unspecified atom stereocenters. The summed E-state index contributed by atoms with van der Waals surface area (Å²) in [6, 6.07) is 3.64. The van der Waals surface area contributed by atoms with Gasteiger partial charge in [-0.05, 0) is 81.3 Å². The predicted molar refractivity (Wildman–Crippen MR) is 135 cm³/mol. The van der Waals surface area contributed by atoms with Gasteiger partial charge < -0.3 is 20.1 Å². The zero-order valence-electron chi connectivity index (χ0n) is 20.9. The summed E-state index contributed by atoms with van der Waals surface area (Å²) in [4.78, 5) is 32.0. The van der Waals surface area contributed by atoms with E-state index in [1.165, 1.54) is 12.8 Å². The van der Waals surface area contributed by atoms with Gasteiger partial charge in [0, 0.05) is 24.4 Å². The van der Waals surface area contributed by atoms with Crippen LogP contribution in [0, 0.1) is 23.7 Å². The maximum absolute atomic E-state index is 13.7. The largest absolute Gasteiger partial charge is 0.481 e. The van der Waals surface area contributed by atoms with Crippen LogP contribution in [-0.4, -0.2) is 58.6 Å². The van der Waals surface area contributed by atoms with Crippen LogP contribution in [0.5, 0.6) is 0 Å². The van der Waals surface area contributed by atoms with Crippen molar-refractivity contribution in [3.05, 3.63) is 17.7 Å². The van der Waals surface area contributed by atoms with Crippen LogP contribution in [0.1, 0.15) is 74.6 Å². The molecule has 5 saturated carbocycles. The Morgan fingerprint density at radius 3 is 2.51 bits per heavy atom. The van der Waals surface area contributed by atoms with Gasteiger partial charge in [0.1, 0.15) is 10.8 Å². The Balaban J connectivity index is 1.21. The number of anilines is 1. The molecule has 1 aromatic heterocycles. The third-order valence-corrected chi connectivity index (χ3v) is 10.7. The summed E-state index contributed by atoms with van der Waals surface area (Å²) >= 11 is 1.66. The predicted octanol–water partition coefficient (Wildman–Crippen LogP) is 4.94. The third kappa shape index (κ3) is 5.07. The second-order valence-corrected chi connectivity index (χ2v) is 13.1. The van der Waals surface area contributed by atoms with Crippen molar-refractivity contribution in [2.45, 2.75) is 92.7 Å². The molecule has 4 bridgehead atoms. The summed E-state index contributed by atoms with van der Waals surface area (Å²) in [5, 5.41) is 13.8. The normalized spacial score (nSPS) is 35.0. The summed E-state index contributed by atoms with van der Waals surface area (Å²) in [6.45, 7) is -1.69. The number of halogens is 2. The number of alkyl halides is 2. The van der Waals surface area contributed by atoms with Crippen LogP contribution in [0.25, 0.3) is 0 Å². The number of hydrogen-bond acceptors (Lipinski definition) is 6. The van der Waals surface area contributed by atoms with Crippen LogP contribution < -0.4 is 10.2 Å². The molecule has 3 atom stereocenters. The first kappa shape index (κ1) is 25.3. The first-order valence-electron chi connectivity index (χ1n) is 13.7. The molecule has 0 aromatic carbocycles. The molecule has 7 nitrogen and oxygen atoms in total. The number of ether oxygens (including phenoxy) is 1. The molecular formula is C27H35F2N3O4S. The van der Waals surface area contributed by atoms with Gasteiger partial charge in [-0.1, -0.05) is 12.8 Å². The van der Waals surface area contributed by atoms with Gasteiger partial charge >= 0.3 is 12.6 Å². The fraction of sp³-hybridized carbons (Fsp3) is 0.741. The highest BCUT2D eigenvalue weighted by Crippen LogP contribution is 2.57. The lowest BCUT2D eigenvalue weighted by Crippen LogP contribution is -2.62. The molecule has 6 aliphatic rings. The van der Waals surface area contributed by atoms with Gasteiger partial charge in [0.05, 0.1) is 17.1 Å². The molecule has 6 fully saturated rings. The van der Waals surface area contributed by atoms with Crippen molar-refractivity contribution in [3.63, 3.8) is 0 Å². The molecule has 1 amide bonds. The van der Waals surface area contributed by atoms with E-state index in [-0.39, 0.29) is 23.8 Å². The van der Waals surface area contributed by atoms with Crippen LogP contribution in [0.2, 0.25) is 0 Å². The second-order valence-electron chi connectivity index (χ2n) is 11.8. The van der Waals surface area contributed by atoms with Crippen LogP contribution in [0.4, 0.5) is 14.6 Å². The first-order chi connectivity index (χ1) is 17.8. The zero-order valence-corrected chi connectivity index (χ0v) is 21.7. The van der Waals surface area contributed by atoms with E-state index in [2.05, 4.69) is 5.32 Å². The van der Waals surface area contributed by atoms with Gasteiger partial charge in [0.2, 0.25) is 0 Å². The Bertz CT molecular complexity index is 1030. The van der Waals surface area contributed by atoms with E-state index >= 15 is 0 Å². The highest BCUT2D eigenvalue weighted by molar-refractivity contribution is 7.99. The van der Waals surface area contributed by atoms with Crippen LogP contribution in [0.15, 0.2) is 17.2 Å². The number of aromatic nitrogens is 1. The maximum atomic E-state index is 13.7. The van der Waals surface area contributed by atoms with Crippen LogP contribution in [0.3, 0.4) is 0 Å². The average Bonchev–Trinajstić information content (AvgIpc) is 3.52. The Labute approximate surface area is 220 Å². The average molecular weight is 536 g/mol. The van der Waals surface area contributed by atoms with Gasteiger partial charge in [0.15, 0.2) is 0 Å². The molecule has 2 N–H and O–H groups in total. The number of thioether (sulfide) groups is 1. The molecule has 10 heteroatoms. The quantitative estimate of drug-likeness (QED) is 0.487. The molecule has 2 heterocycles. The Hall–Kier alpha value is -1.94. The minimum atomic E-state index is -2.76. The highest BCUT2D eigenvalue weighted by Gasteiger charge is 2.57. The van der Waals surface area contributed by atoms with E-state index in [0.29, 0.717) is 60.5 Å². The van der Waals surface area contributed by atoms with Crippen LogP contribution in [-0.2, 0) is 9.53 Å². The van der Waals surface area contributed by atoms with E-state index in [1.807, 2.05) is 17.0 Å². The van der Waals surface area contributed by atoms with Gasteiger partial charge in [-0.15, -0.1) is 11.8 Å². The number of amides is 1. The highest BCUT2D eigenvalue weighted by atomic mass is 32.2. The molecule has 0 spiro atoms. The van der Waals surface area contributed by atoms with Crippen molar-refractivity contribution < 1.29 is 28.2 Å². The van der Waals surface area contributed by atoms with Gasteiger partial charge in [-0.2, -0.15) is 8.78 Å². The monoisotopic (exact) mass is 535 g/mol. The second kappa shape index (κ2) is 9.98. The first-order valence-corrected chi connectivity index (χ1v) is 14.6. The van der Waals surface area contributed by atoms with E-state index in [1.54, 1.807) is 11.8 Å². The molecule has 0 radical (unpaired) electrons. The topological polar surface area (TPSA) is 91.8 Å². The number of carbonyl (C=O) groups excluding carboxylic acids is 1. The zero-order chi connectivity index (χ0) is 25.7. The molecule has 37 heavy (non-hydrogen) atoms. The maximum Gasteiger partial charge on any atom is 0.345 e. The third-order valence-electron chi connectivity index (χ3n) is 9.39. The Kier molecular flexibility index (Phi) is 6.84. The van der Waals surface area contributed by atoms with Crippen molar-refractivity contribution in [1.82, 2.24) is 10.3 Å². The van der Waals surface area contributed by atoms with E-state index in [4.69, 9.17) is 9.72 Å².